The van der Waals surface area contributed by atoms with Crippen LogP contribution in [0.25, 0.3) is 0 Å². The van der Waals surface area contributed by atoms with E-state index in [4.69, 9.17) is 15.6 Å². The number of anilines is 1. The number of primary amides is 1. The number of benzene rings is 5. The van der Waals surface area contributed by atoms with Gasteiger partial charge in [-0.2, -0.15) is 0 Å². The van der Waals surface area contributed by atoms with E-state index < -0.39 is 64.5 Å². The van der Waals surface area contributed by atoms with Crippen molar-refractivity contribution in [2.75, 3.05) is 5.32 Å². The summed E-state index contributed by atoms with van der Waals surface area (Å²) in [5, 5.41) is 36.3. The highest BCUT2D eigenvalue weighted by Gasteiger charge is 2.25. The number of rotatable bonds is 19. The minimum absolute atomic E-state index is 0.0254. The quantitative estimate of drug-likeness (QED) is 0.0383. The summed E-state index contributed by atoms with van der Waals surface area (Å²) in [6, 6.07) is 24.2. The Balaban J connectivity index is 1.21. The average molecular weight is 829 g/mol. The van der Waals surface area contributed by atoms with E-state index in [0.717, 1.165) is 0 Å². The minimum atomic E-state index is -1.28. The second kappa shape index (κ2) is 19.6. The number of hydrogen-bond donors (Lipinski definition) is 5. The number of aromatic hydroxyl groups is 1. The number of non-ortho nitro benzene ring substituents is 1. The summed E-state index contributed by atoms with van der Waals surface area (Å²) in [6.07, 6.45) is -1.46. The van der Waals surface area contributed by atoms with Gasteiger partial charge in [0.25, 0.3) is 17.5 Å². The number of phenolic OH excluding ortho intramolecular Hbond substituents is 1. The lowest BCUT2D eigenvalue weighted by Crippen LogP contribution is -2.44. The third-order valence-electron chi connectivity index (χ3n) is 9.28. The highest BCUT2D eigenvalue weighted by molar-refractivity contribution is 6.05. The van der Waals surface area contributed by atoms with E-state index in [1.165, 1.54) is 97.1 Å². The SMILES string of the molecule is CC(C)Oc1c(CC(=O)c2ccc(CC(=O)[C@H](CC(N)=O)NC(=O)c3ccc(NC(=O)c4ccc([N+](=O)[O-])cc4)cc3)cc2)ccc(C(=O)Cc2ccc(C(=O)O)cc2)c1O. The topological polar surface area (TPSA) is 262 Å². The van der Waals surface area contributed by atoms with Gasteiger partial charge in [-0.15, -0.1) is 0 Å². The first-order valence-corrected chi connectivity index (χ1v) is 18.8. The van der Waals surface area contributed by atoms with Gasteiger partial charge in [-0.25, -0.2) is 4.79 Å². The number of carboxylic acids is 1. The smallest absolute Gasteiger partial charge is 0.335 e. The molecule has 0 radical (unpaired) electrons. The van der Waals surface area contributed by atoms with Gasteiger partial charge in [0.15, 0.2) is 28.8 Å². The van der Waals surface area contributed by atoms with E-state index in [-0.39, 0.29) is 64.3 Å². The molecule has 0 aliphatic rings. The van der Waals surface area contributed by atoms with E-state index in [2.05, 4.69) is 10.6 Å². The molecule has 5 rings (SSSR count). The zero-order chi connectivity index (χ0) is 44.4. The van der Waals surface area contributed by atoms with Gasteiger partial charge in [0.1, 0.15) is 0 Å². The van der Waals surface area contributed by atoms with Crippen molar-refractivity contribution in [1.29, 1.82) is 0 Å². The van der Waals surface area contributed by atoms with Crippen molar-refractivity contribution >= 4 is 52.4 Å². The fourth-order valence-electron chi connectivity index (χ4n) is 6.13. The number of ether oxygens (including phenoxy) is 1. The number of amides is 3. The lowest BCUT2D eigenvalue weighted by Gasteiger charge is -2.18. The van der Waals surface area contributed by atoms with E-state index in [9.17, 15) is 48.8 Å². The van der Waals surface area contributed by atoms with Crippen LogP contribution in [-0.2, 0) is 28.9 Å². The Bertz CT molecular complexity index is 2500. The molecule has 16 nitrogen and oxygen atoms in total. The Kier molecular flexibility index (Phi) is 14.2. The number of nitrogens with two attached hydrogens (primary N) is 1. The number of carbonyl (C=O) groups is 7. The largest absolute Gasteiger partial charge is 0.504 e. The van der Waals surface area contributed by atoms with E-state index >= 15 is 0 Å². The molecule has 0 unspecified atom stereocenters. The maximum atomic E-state index is 13.4. The molecule has 0 aliphatic heterocycles. The zero-order valence-corrected chi connectivity index (χ0v) is 32.9. The number of phenols is 1. The molecule has 6 N–H and O–H groups in total. The van der Waals surface area contributed by atoms with Crippen molar-refractivity contribution in [3.05, 3.63) is 164 Å². The molecule has 0 saturated carbocycles. The number of carbonyl (C=O) groups excluding carboxylic acids is 6. The molecule has 0 fully saturated rings. The Morgan fingerprint density at radius 1 is 0.689 bits per heavy atom. The molecular formula is C45H40N4O12. The Morgan fingerprint density at radius 2 is 1.23 bits per heavy atom. The summed E-state index contributed by atoms with van der Waals surface area (Å²) in [4.78, 5) is 99.0. The van der Waals surface area contributed by atoms with E-state index in [1.807, 2.05) is 0 Å². The molecule has 0 aliphatic carbocycles. The van der Waals surface area contributed by atoms with E-state index in [0.29, 0.717) is 22.4 Å². The van der Waals surface area contributed by atoms with Crippen LogP contribution in [0.2, 0.25) is 0 Å². The van der Waals surface area contributed by atoms with Gasteiger partial charge in [0.2, 0.25) is 5.91 Å². The molecule has 0 heterocycles. The van der Waals surface area contributed by atoms with Crippen LogP contribution in [0.3, 0.4) is 0 Å². The molecule has 3 amide bonds. The number of nitrogens with zero attached hydrogens (tertiary/aromatic N) is 1. The predicted molar refractivity (Wildman–Crippen MR) is 221 cm³/mol. The van der Waals surface area contributed by atoms with Gasteiger partial charge in [-0.3, -0.25) is 38.9 Å². The van der Waals surface area contributed by atoms with Crippen LogP contribution in [0, 0.1) is 10.1 Å². The van der Waals surface area contributed by atoms with Crippen LogP contribution in [-0.4, -0.2) is 68.3 Å². The lowest BCUT2D eigenvalue weighted by molar-refractivity contribution is -0.384. The second-order valence-electron chi connectivity index (χ2n) is 14.2. The molecule has 5 aromatic carbocycles. The number of hydrogen-bond acceptors (Lipinski definition) is 11. The first kappa shape index (κ1) is 44.1. The fraction of sp³-hybridized carbons (Fsp3) is 0.178. The number of aromatic carboxylic acids is 1. The molecule has 5 aromatic rings. The summed E-state index contributed by atoms with van der Waals surface area (Å²) in [6.45, 7) is 3.44. The van der Waals surface area contributed by atoms with Crippen LogP contribution in [0.5, 0.6) is 11.5 Å². The number of nitro groups is 1. The van der Waals surface area contributed by atoms with Crippen molar-refractivity contribution < 1.29 is 53.4 Å². The number of Topliss-reactive ketones (excluding diaryl/α,β-unsaturated/α-hetero) is 3. The monoisotopic (exact) mass is 828 g/mol. The predicted octanol–water partition coefficient (Wildman–Crippen LogP) is 5.67. The molecule has 0 bridgehead atoms. The van der Waals surface area contributed by atoms with Crippen LogP contribution in [0.1, 0.15) is 88.7 Å². The van der Waals surface area contributed by atoms with Gasteiger partial charge >= 0.3 is 5.97 Å². The maximum absolute atomic E-state index is 13.4. The van der Waals surface area contributed by atoms with Crippen molar-refractivity contribution in [3.8, 4) is 11.5 Å². The number of ketones is 3. The molecule has 0 aromatic heterocycles. The van der Waals surface area contributed by atoms with Gasteiger partial charge in [-0.05, 0) is 79.6 Å². The number of nitro benzene ring substituents is 1. The summed E-state index contributed by atoms with van der Waals surface area (Å²) in [5.74, 6) is -4.96. The molecule has 1 atom stereocenters. The average Bonchev–Trinajstić information content (AvgIpc) is 3.22. The Hall–Kier alpha value is -8.01. The molecule has 0 spiro atoms. The summed E-state index contributed by atoms with van der Waals surface area (Å²) < 4.78 is 5.86. The molecule has 312 valence electrons. The Labute approximate surface area is 348 Å². The van der Waals surface area contributed by atoms with Gasteiger partial charge in [0, 0.05) is 59.3 Å². The van der Waals surface area contributed by atoms with Crippen molar-refractivity contribution in [2.24, 2.45) is 5.73 Å². The highest BCUT2D eigenvalue weighted by atomic mass is 16.6. The Morgan fingerprint density at radius 3 is 1.79 bits per heavy atom. The second-order valence-corrected chi connectivity index (χ2v) is 14.2. The highest BCUT2D eigenvalue weighted by Crippen LogP contribution is 2.36. The molecule has 16 heteroatoms. The summed E-state index contributed by atoms with van der Waals surface area (Å²) in [5.41, 5.74) is 7.46. The van der Waals surface area contributed by atoms with Crippen LogP contribution < -0.4 is 21.1 Å². The van der Waals surface area contributed by atoms with E-state index in [1.54, 1.807) is 26.0 Å². The molecular weight excluding hydrogens is 789 g/mol. The van der Waals surface area contributed by atoms with Crippen molar-refractivity contribution in [3.63, 3.8) is 0 Å². The molecule has 0 saturated heterocycles. The maximum Gasteiger partial charge on any atom is 0.335 e. The van der Waals surface area contributed by atoms with Crippen LogP contribution in [0.15, 0.2) is 109 Å². The van der Waals surface area contributed by atoms with Crippen LogP contribution in [0.4, 0.5) is 11.4 Å². The van der Waals surface area contributed by atoms with Gasteiger partial charge < -0.3 is 31.3 Å². The third-order valence-corrected chi connectivity index (χ3v) is 9.28. The number of carboxylic acid groups (broad SMARTS) is 1. The van der Waals surface area contributed by atoms with Crippen molar-refractivity contribution in [2.45, 2.75) is 51.7 Å². The first-order valence-electron chi connectivity index (χ1n) is 18.8. The zero-order valence-electron chi connectivity index (χ0n) is 32.9. The van der Waals surface area contributed by atoms with Gasteiger partial charge in [-0.1, -0.05) is 42.5 Å². The minimum Gasteiger partial charge on any atom is -0.504 e. The normalized spacial score (nSPS) is 11.3. The van der Waals surface area contributed by atoms with Crippen LogP contribution >= 0.6 is 0 Å². The van der Waals surface area contributed by atoms with Gasteiger partial charge in [0.05, 0.1) is 34.6 Å². The summed E-state index contributed by atoms with van der Waals surface area (Å²) >= 11 is 0. The van der Waals surface area contributed by atoms with Crippen molar-refractivity contribution in [1.82, 2.24) is 5.32 Å². The summed E-state index contributed by atoms with van der Waals surface area (Å²) in [7, 11) is 0. The third kappa shape index (κ3) is 11.8. The fourth-order valence-corrected chi connectivity index (χ4v) is 6.13. The standard InChI is InChI=1S/C45H40N4O12/c1-25(2)61-42-32(15-20-35(41(42)54)38(51)21-26-5-9-31(10-6-26)45(57)58)23-37(50)28-7-3-27(4-8-28)22-39(52)36(24-40(46)53)48-44(56)29-11-16-33(17-12-29)47-43(55)30-13-18-34(19-14-30)49(59)60/h3-20,25,36,54H,21-24H2,1-2H3,(H2,46,53)(H,47,55)(H,48,56)(H,57,58)/t36-/m0/s1. The molecule has 61 heavy (non-hydrogen) atoms. The number of nitrogens with one attached hydrogen (secondary N) is 2. The lowest BCUT2D eigenvalue weighted by atomic mass is 9.95. The first-order chi connectivity index (χ1) is 29.0.